The molecule has 0 unspecified atom stereocenters. The standard InChI is InChI=1S/C4H6N8/c1-3-5-7-10-12(3)4-6-8-9-11(4)2/h1-2H3. The van der Waals surface area contributed by atoms with Gasteiger partial charge in [0.2, 0.25) is 0 Å². The molecule has 0 saturated carbocycles. The first-order chi connectivity index (χ1) is 5.79. The average molecular weight is 166 g/mol. The van der Waals surface area contributed by atoms with Crippen LogP contribution < -0.4 is 0 Å². The van der Waals surface area contributed by atoms with Gasteiger partial charge in [-0.25, -0.2) is 4.68 Å². The maximum atomic E-state index is 3.74. The molecule has 8 nitrogen and oxygen atoms in total. The van der Waals surface area contributed by atoms with Gasteiger partial charge in [-0.1, -0.05) is 5.10 Å². The lowest BCUT2D eigenvalue weighted by Gasteiger charge is -1.95. The number of rotatable bonds is 1. The molecule has 62 valence electrons. The van der Waals surface area contributed by atoms with E-state index in [1.807, 2.05) is 0 Å². The zero-order valence-electron chi connectivity index (χ0n) is 6.58. The van der Waals surface area contributed by atoms with Crippen molar-refractivity contribution in [3.05, 3.63) is 5.82 Å². The predicted octanol–water partition coefficient (Wildman–Crippen LogP) is -1.51. The van der Waals surface area contributed by atoms with E-state index in [1.165, 1.54) is 9.36 Å². The van der Waals surface area contributed by atoms with E-state index in [9.17, 15) is 0 Å². The smallest absolute Gasteiger partial charge is 0.213 e. The number of aromatic nitrogens is 8. The molecule has 2 aromatic heterocycles. The molecule has 0 aromatic carbocycles. The molecule has 0 saturated heterocycles. The summed E-state index contributed by atoms with van der Waals surface area (Å²) in [7, 11) is 1.72. The van der Waals surface area contributed by atoms with E-state index in [2.05, 4.69) is 31.1 Å². The highest BCUT2D eigenvalue weighted by atomic mass is 15.6. The molecule has 2 heterocycles. The minimum absolute atomic E-state index is 0.498. The number of hydrogen-bond donors (Lipinski definition) is 0. The second kappa shape index (κ2) is 2.32. The Morgan fingerprint density at radius 2 is 1.83 bits per heavy atom. The summed E-state index contributed by atoms with van der Waals surface area (Å²) in [5.41, 5.74) is 0. The Hall–Kier alpha value is -1.86. The van der Waals surface area contributed by atoms with Crippen molar-refractivity contribution in [3.8, 4) is 5.95 Å². The number of nitrogens with zero attached hydrogens (tertiary/aromatic N) is 8. The fraction of sp³-hybridized carbons (Fsp3) is 0.500. The summed E-state index contributed by atoms with van der Waals surface area (Å²) in [6, 6.07) is 0. The molecular weight excluding hydrogens is 160 g/mol. The Morgan fingerprint density at radius 1 is 1.08 bits per heavy atom. The zero-order valence-corrected chi connectivity index (χ0v) is 6.58. The maximum Gasteiger partial charge on any atom is 0.273 e. The molecule has 0 N–H and O–H groups in total. The van der Waals surface area contributed by atoms with Crippen LogP contribution in [0.4, 0.5) is 0 Å². The molecular formula is C4H6N8. The lowest BCUT2D eigenvalue weighted by Crippen LogP contribution is -2.07. The zero-order chi connectivity index (χ0) is 8.55. The highest BCUT2D eigenvalue weighted by Gasteiger charge is 2.08. The van der Waals surface area contributed by atoms with Crippen LogP contribution in [0, 0.1) is 6.92 Å². The van der Waals surface area contributed by atoms with E-state index in [1.54, 1.807) is 14.0 Å². The van der Waals surface area contributed by atoms with Crippen LogP contribution >= 0.6 is 0 Å². The van der Waals surface area contributed by atoms with Crippen molar-refractivity contribution in [3.63, 3.8) is 0 Å². The topological polar surface area (TPSA) is 87.2 Å². The Labute approximate surface area is 67.2 Å². The summed E-state index contributed by atoms with van der Waals surface area (Å²) in [5, 5.41) is 21.8. The van der Waals surface area contributed by atoms with Crippen LogP contribution in [-0.4, -0.2) is 40.4 Å². The van der Waals surface area contributed by atoms with Gasteiger partial charge in [-0.3, -0.25) is 0 Å². The SMILES string of the molecule is Cc1nnnn1-c1nnnn1C. The van der Waals surface area contributed by atoms with Crippen LogP contribution in [0.15, 0.2) is 0 Å². The molecule has 0 amide bonds. The molecule has 0 aliphatic rings. The van der Waals surface area contributed by atoms with Gasteiger partial charge < -0.3 is 0 Å². The largest absolute Gasteiger partial charge is 0.273 e. The summed E-state index contributed by atoms with van der Waals surface area (Å²) in [6.07, 6.45) is 0. The molecule has 0 radical (unpaired) electrons. The second-order valence-electron chi connectivity index (χ2n) is 2.24. The molecule has 8 heteroatoms. The van der Waals surface area contributed by atoms with Gasteiger partial charge in [0.1, 0.15) is 0 Å². The Kier molecular flexibility index (Phi) is 1.32. The highest BCUT2D eigenvalue weighted by molar-refractivity contribution is 5.05. The van der Waals surface area contributed by atoms with Gasteiger partial charge in [0, 0.05) is 7.05 Å². The molecule has 2 rings (SSSR count). The van der Waals surface area contributed by atoms with Crippen LogP contribution in [0.2, 0.25) is 0 Å². The van der Waals surface area contributed by atoms with Gasteiger partial charge >= 0.3 is 0 Å². The highest BCUT2D eigenvalue weighted by Crippen LogP contribution is 1.98. The second-order valence-corrected chi connectivity index (χ2v) is 2.24. The van der Waals surface area contributed by atoms with Crippen LogP contribution in [0.5, 0.6) is 0 Å². The first-order valence-electron chi connectivity index (χ1n) is 3.27. The fourth-order valence-electron chi connectivity index (χ4n) is 0.821. The third-order valence-corrected chi connectivity index (χ3v) is 1.41. The molecule has 2 aromatic rings. The summed E-state index contributed by atoms with van der Waals surface area (Å²) in [4.78, 5) is 0. The van der Waals surface area contributed by atoms with Gasteiger partial charge in [-0.2, -0.15) is 4.68 Å². The number of tetrazole rings is 2. The molecule has 0 fully saturated rings. The Bertz CT molecular complexity index is 347. The van der Waals surface area contributed by atoms with Crippen molar-refractivity contribution in [2.24, 2.45) is 7.05 Å². The molecule has 0 aliphatic heterocycles. The Morgan fingerprint density at radius 3 is 2.33 bits per heavy atom. The van der Waals surface area contributed by atoms with Crippen molar-refractivity contribution < 1.29 is 0 Å². The monoisotopic (exact) mass is 166 g/mol. The van der Waals surface area contributed by atoms with Crippen molar-refractivity contribution in [1.29, 1.82) is 0 Å². The first-order valence-corrected chi connectivity index (χ1v) is 3.27. The summed E-state index contributed by atoms with van der Waals surface area (Å²) in [6.45, 7) is 1.77. The first kappa shape index (κ1) is 6.83. The third-order valence-electron chi connectivity index (χ3n) is 1.41. The molecule has 0 spiro atoms. The van der Waals surface area contributed by atoms with Crippen molar-refractivity contribution in [1.82, 2.24) is 40.4 Å². The lowest BCUT2D eigenvalue weighted by molar-refractivity contribution is 0.652. The van der Waals surface area contributed by atoms with Crippen molar-refractivity contribution in [2.75, 3.05) is 0 Å². The maximum absolute atomic E-state index is 3.74. The molecule has 0 aliphatic carbocycles. The van der Waals surface area contributed by atoms with E-state index < -0.39 is 0 Å². The van der Waals surface area contributed by atoms with Crippen LogP contribution in [-0.2, 0) is 7.05 Å². The van der Waals surface area contributed by atoms with E-state index in [4.69, 9.17) is 0 Å². The van der Waals surface area contributed by atoms with Gasteiger partial charge in [-0.15, -0.1) is 5.10 Å². The summed E-state index contributed by atoms with van der Waals surface area (Å²) >= 11 is 0. The van der Waals surface area contributed by atoms with Gasteiger partial charge in [0.15, 0.2) is 5.82 Å². The van der Waals surface area contributed by atoms with E-state index in [-0.39, 0.29) is 0 Å². The quantitative estimate of drug-likeness (QED) is 0.512. The minimum Gasteiger partial charge on any atom is -0.213 e. The van der Waals surface area contributed by atoms with Crippen LogP contribution in [0.3, 0.4) is 0 Å². The van der Waals surface area contributed by atoms with E-state index in [0.717, 1.165) is 0 Å². The summed E-state index contributed by atoms with van der Waals surface area (Å²) < 4.78 is 2.95. The number of aryl methyl sites for hydroxylation is 2. The fourth-order valence-corrected chi connectivity index (χ4v) is 0.821. The van der Waals surface area contributed by atoms with Crippen LogP contribution in [0.1, 0.15) is 5.82 Å². The lowest BCUT2D eigenvalue weighted by atomic mass is 10.7. The number of hydrogen-bond acceptors (Lipinski definition) is 6. The third kappa shape index (κ3) is 0.847. The average Bonchev–Trinajstić information content (AvgIpc) is 2.59. The van der Waals surface area contributed by atoms with E-state index in [0.29, 0.717) is 11.8 Å². The van der Waals surface area contributed by atoms with Gasteiger partial charge in [-0.05, 0) is 27.8 Å². The van der Waals surface area contributed by atoms with E-state index >= 15 is 0 Å². The summed E-state index contributed by atoms with van der Waals surface area (Å²) in [5.74, 6) is 1.14. The van der Waals surface area contributed by atoms with Gasteiger partial charge in [0.05, 0.1) is 0 Å². The van der Waals surface area contributed by atoms with Crippen LogP contribution in [0.25, 0.3) is 5.95 Å². The van der Waals surface area contributed by atoms with Gasteiger partial charge in [0.25, 0.3) is 5.95 Å². The molecule has 0 bridgehead atoms. The predicted molar refractivity (Wildman–Crippen MR) is 36.2 cm³/mol. The van der Waals surface area contributed by atoms with Crippen molar-refractivity contribution >= 4 is 0 Å². The van der Waals surface area contributed by atoms with Crippen molar-refractivity contribution in [2.45, 2.75) is 6.92 Å². The Balaban J connectivity index is 2.57. The molecule has 12 heavy (non-hydrogen) atoms. The normalized spacial score (nSPS) is 10.5. The molecule has 0 atom stereocenters. The minimum atomic E-state index is 0.498.